The molecule has 82 heavy (non-hydrogen) atoms. The largest absolute Gasteiger partial charge is 0.266 e. The van der Waals surface area contributed by atoms with Gasteiger partial charge < -0.3 is 0 Å². The van der Waals surface area contributed by atoms with Gasteiger partial charge in [0.1, 0.15) is 0 Å². The first kappa shape index (κ1) is 59.3. The fourth-order valence-corrected chi connectivity index (χ4v) is 17.9. The normalized spacial score (nSPS) is 15.9. The van der Waals surface area contributed by atoms with Crippen LogP contribution >= 0.6 is 0 Å². The van der Waals surface area contributed by atoms with Gasteiger partial charge in [-0.3, -0.25) is 17.2 Å². The molecule has 428 valence electrons. The lowest BCUT2D eigenvalue weighted by molar-refractivity contribution is 0.581. The Bertz CT molecular complexity index is 3750. The fraction of sp³-hybridized carbons (Fsp3) is 0.200. The van der Waals surface area contributed by atoms with Crippen LogP contribution in [0.4, 0.5) is 22.7 Å². The highest BCUT2D eigenvalue weighted by atomic mass is 32.2. The van der Waals surface area contributed by atoms with Gasteiger partial charge in [0.2, 0.25) is 19.7 Å². The van der Waals surface area contributed by atoms with Gasteiger partial charge in [0.15, 0.2) is 0 Å². The molecule has 0 saturated heterocycles. The van der Waals surface area contributed by atoms with Gasteiger partial charge in [0.25, 0.3) is 40.1 Å². The maximum atomic E-state index is 14.5. The molecule has 7 aliphatic rings. The standard InChI is InChI=1S/C60H60N4O12S6/c1-45-9-25-57(26-10-45)79(69,70)61-41-5-6-42-62(80(71,72)58-27-11-46(2)12-28-58)50-19-37-55(38-20-50)78(67,68)56-39-23-52(24-40-56)64(82(75,76)60-31-15-48(4)16-32-60)44-8-7-43-63(81(73,74)59-29-13-47(3)14-30-59)51-21-35-54(36-22-51)77(65,66)53-33-17-49(61)18-34-53/h9-40H,5-8,41-44H2,1-4H3. The lowest BCUT2D eigenvalue weighted by atomic mass is 10.2. The predicted octanol–water partition coefficient (Wildman–Crippen LogP) is 10.6. The molecule has 22 heteroatoms. The van der Waals surface area contributed by atoms with E-state index in [4.69, 9.17) is 0 Å². The Kier molecular flexibility index (Phi) is 17.0. The van der Waals surface area contributed by atoms with Crippen molar-refractivity contribution in [3.8, 4) is 0 Å². The first-order chi connectivity index (χ1) is 38.8. The number of hydrogen-bond acceptors (Lipinski definition) is 12. The topological polar surface area (TPSA) is 218 Å². The van der Waals surface area contributed by atoms with E-state index in [1.54, 1.807) is 48.5 Å². The molecule has 7 heterocycles. The van der Waals surface area contributed by atoms with Crippen molar-refractivity contribution in [2.24, 2.45) is 0 Å². The molecule has 8 bridgehead atoms. The smallest absolute Gasteiger partial charge is 0.264 e. The fourth-order valence-electron chi connectivity index (χ4n) is 9.36. The van der Waals surface area contributed by atoms with Gasteiger partial charge in [-0.25, -0.2) is 50.5 Å². The molecular formula is C60H60N4O12S6. The number of aryl methyl sites for hydroxylation is 4. The van der Waals surface area contributed by atoms with E-state index in [-0.39, 0.29) is 114 Å². The molecule has 0 spiro atoms. The van der Waals surface area contributed by atoms with E-state index >= 15 is 0 Å². The summed E-state index contributed by atoms with van der Waals surface area (Å²) in [4.78, 5) is -0.874. The molecule has 0 N–H and O–H groups in total. The molecule has 0 aromatic heterocycles. The van der Waals surface area contributed by atoms with Crippen molar-refractivity contribution in [3.63, 3.8) is 0 Å². The molecule has 16 nitrogen and oxygen atoms in total. The summed E-state index contributed by atoms with van der Waals surface area (Å²) in [6.45, 7) is 6.56. The quantitative estimate of drug-likeness (QED) is 0.139. The summed E-state index contributed by atoms with van der Waals surface area (Å²) >= 11 is 0. The second kappa shape index (κ2) is 23.5. The molecule has 8 aromatic carbocycles. The molecule has 7 aliphatic heterocycles. The number of nitrogens with zero attached hydrogens (tertiary/aromatic N) is 4. The minimum Gasteiger partial charge on any atom is -0.266 e. The Morgan fingerprint density at radius 1 is 0.256 bits per heavy atom. The zero-order valence-electron chi connectivity index (χ0n) is 45.3. The van der Waals surface area contributed by atoms with Crippen molar-refractivity contribution in [3.05, 3.63) is 216 Å². The average Bonchev–Trinajstić information content (AvgIpc) is 3.66. The van der Waals surface area contributed by atoms with Gasteiger partial charge in [-0.15, -0.1) is 0 Å². The van der Waals surface area contributed by atoms with Crippen molar-refractivity contribution in [1.82, 2.24) is 0 Å². The van der Waals surface area contributed by atoms with E-state index in [1.165, 1.54) is 146 Å². The monoisotopic (exact) mass is 1220 g/mol. The van der Waals surface area contributed by atoms with Crippen LogP contribution in [0.15, 0.2) is 233 Å². The van der Waals surface area contributed by atoms with Gasteiger partial charge in [-0.1, -0.05) is 70.8 Å². The molecule has 8 aromatic rings. The Hall–Kier alpha value is -7.34. The van der Waals surface area contributed by atoms with Gasteiger partial charge in [-0.2, -0.15) is 0 Å². The van der Waals surface area contributed by atoms with Crippen molar-refractivity contribution in [2.75, 3.05) is 43.4 Å². The van der Waals surface area contributed by atoms with Crippen LogP contribution in [0.1, 0.15) is 47.9 Å². The van der Waals surface area contributed by atoms with Crippen LogP contribution in [-0.4, -0.2) is 76.7 Å². The Morgan fingerprint density at radius 2 is 0.415 bits per heavy atom. The van der Waals surface area contributed by atoms with E-state index in [0.29, 0.717) is 0 Å². The highest BCUT2D eigenvalue weighted by molar-refractivity contribution is 7.94. The second-order valence-electron chi connectivity index (χ2n) is 20.0. The van der Waals surface area contributed by atoms with Crippen LogP contribution in [0, 0.1) is 27.7 Å². The number of hydrogen-bond donors (Lipinski definition) is 0. The molecular weight excluding hydrogens is 1160 g/mol. The summed E-state index contributed by atoms with van der Waals surface area (Å²) in [5.41, 5.74) is 3.75. The lowest BCUT2D eigenvalue weighted by Gasteiger charge is -2.27. The highest BCUT2D eigenvalue weighted by Gasteiger charge is 2.32. The van der Waals surface area contributed by atoms with E-state index in [1.807, 2.05) is 27.7 Å². The van der Waals surface area contributed by atoms with Crippen LogP contribution in [-0.2, 0) is 59.8 Å². The third-order valence-corrected chi connectivity index (χ3v) is 25.1. The minimum absolute atomic E-state index is 0.0342. The van der Waals surface area contributed by atoms with E-state index in [0.717, 1.165) is 39.5 Å². The first-order valence-electron chi connectivity index (χ1n) is 26.1. The summed E-state index contributed by atoms with van der Waals surface area (Å²) < 4.78 is 178. The van der Waals surface area contributed by atoms with Crippen molar-refractivity contribution in [1.29, 1.82) is 0 Å². The molecule has 0 saturated carbocycles. The number of anilines is 4. The van der Waals surface area contributed by atoms with Crippen LogP contribution < -0.4 is 17.2 Å². The van der Waals surface area contributed by atoms with Crippen LogP contribution in [0.3, 0.4) is 0 Å². The van der Waals surface area contributed by atoms with Crippen molar-refractivity contribution >= 4 is 82.5 Å². The average molecular weight is 1220 g/mol. The van der Waals surface area contributed by atoms with E-state index in [2.05, 4.69) is 0 Å². The van der Waals surface area contributed by atoms with Crippen LogP contribution in [0.2, 0.25) is 0 Å². The summed E-state index contributed by atoms with van der Waals surface area (Å²) in [5.74, 6) is 0. The van der Waals surface area contributed by atoms with Gasteiger partial charge >= 0.3 is 0 Å². The molecule has 0 radical (unpaired) electrons. The predicted molar refractivity (Wildman–Crippen MR) is 318 cm³/mol. The highest BCUT2D eigenvalue weighted by Crippen LogP contribution is 2.34. The summed E-state index contributed by atoms with van der Waals surface area (Å²) in [5, 5.41) is 0. The lowest BCUT2D eigenvalue weighted by Crippen LogP contribution is -2.34. The number of sulfonamides is 4. The van der Waals surface area contributed by atoms with Gasteiger partial charge in [-0.05, 0) is 199 Å². The maximum Gasteiger partial charge on any atom is 0.264 e. The Morgan fingerprint density at radius 3 is 0.573 bits per heavy atom. The van der Waals surface area contributed by atoms with E-state index < -0.39 is 59.8 Å². The molecule has 0 fully saturated rings. The third kappa shape index (κ3) is 12.2. The molecule has 15 rings (SSSR count). The summed E-state index contributed by atoms with van der Waals surface area (Å²) in [6, 6.07) is 46.1. The molecule has 0 unspecified atom stereocenters. The van der Waals surface area contributed by atoms with Crippen LogP contribution in [0.5, 0.6) is 0 Å². The summed E-state index contributed by atoms with van der Waals surface area (Å²) in [6.07, 6.45) is 0.390. The second-order valence-corrected chi connectivity index (χ2v) is 31.3. The zero-order chi connectivity index (χ0) is 58.8. The Balaban J connectivity index is 1.14. The minimum atomic E-state index is -4.30. The van der Waals surface area contributed by atoms with Gasteiger partial charge in [0, 0.05) is 26.2 Å². The van der Waals surface area contributed by atoms with Crippen LogP contribution in [0.25, 0.3) is 0 Å². The third-order valence-electron chi connectivity index (χ3n) is 14.1. The Labute approximate surface area is 482 Å². The molecule has 0 atom stereocenters. The van der Waals surface area contributed by atoms with E-state index in [9.17, 15) is 50.5 Å². The SMILES string of the molecule is Cc1ccc(S(=O)(=O)N2CCCCN(S(=O)(=O)c3ccc(C)cc3)c3ccc(cc3)S(=O)(=O)c3ccc(cc3)N(S(=O)(=O)c3ccc(C)cc3)CCCCN(S(=O)(=O)c3ccc(C)cc3)c3ccc(cc3)S(=O)(=O)c3ccc2cc3)cc1. The number of sulfone groups is 2. The van der Waals surface area contributed by atoms with Crippen molar-refractivity contribution in [2.45, 2.75) is 92.5 Å². The number of rotatable bonds is 8. The zero-order valence-corrected chi connectivity index (χ0v) is 50.2. The van der Waals surface area contributed by atoms with Gasteiger partial charge in [0.05, 0.1) is 61.9 Å². The van der Waals surface area contributed by atoms with Crippen molar-refractivity contribution < 1.29 is 50.5 Å². The number of benzene rings is 8. The summed E-state index contributed by atoms with van der Waals surface area (Å²) in [7, 11) is -25.8. The molecule has 0 amide bonds. The first-order valence-corrected chi connectivity index (χ1v) is 34.8. The maximum absolute atomic E-state index is 14.5. The molecule has 0 aliphatic carbocycles.